The van der Waals surface area contributed by atoms with Crippen LogP contribution in [0.5, 0.6) is 5.75 Å². The number of para-hydroxylation sites is 1. The number of hydrogen-bond acceptors (Lipinski definition) is 6. The molecule has 0 saturated heterocycles. The van der Waals surface area contributed by atoms with Crippen molar-refractivity contribution in [3.63, 3.8) is 0 Å². The van der Waals surface area contributed by atoms with Gasteiger partial charge in [0.05, 0.1) is 0 Å². The standard InChI is InChI=1S/C33H62O3P.C6H7O3P/c1-4-7-10-13-16-19-22-25-30-28-29-33(37(34,35)36)32(27-24-21-18-15-12-9-6-3)31(30)26-23-20-17-14-11-8-5-2;7-10(8)9-6-4-2-1-3-5-6/h28-29,34-36H,4-27H2,1-3H3;1-5,7-8H/q+1;. The monoisotopic (exact) mass is 695 g/mol. The van der Waals surface area contributed by atoms with Gasteiger partial charge in [-0.1, -0.05) is 161 Å². The molecule has 2 rings (SSSR count). The van der Waals surface area contributed by atoms with Gasteiger partial charge in [-0.2, -0.15) is 14.7 Å². The Morgan fingerprint density at radius 1 is 0.489 bits per heavy atom. The smallest absolute Gasteiger partial charge is 0.427 e. The molecule has 2 aromatic carbocycles. The fourth-order valence-corrected chi connectivity index (χ4v) is 7.39. The van der Waals surface area contributed by atoms with Gasteiger partial charge in [-0.05, 0) is 67.9 Å². The van der Waals surface area contributed by atoms with Crippen LogP contribution in [0.3, 0.4) is 0 Å². The molecule has 2 aromatic rings. The van der Waals surface area contributed by atoms with Gasteiger partial charge in [0.2, 0.25) is 0 Å². The normalized spacial score (nSPS) is 11.5. The fourth-order valence-electron chi connectivity index (χ4n) is 6.20. The van der Waals surface area contributed by atoms with Crippen LogP contribution in [0, 0.1) is 0 Å². The van der Waals surface area contributed by atoms with Crippen LogP contribution < -0.4 is 9.83 Å². The number of unbranched alkanes of at least 4 members (excludes halogenated alkanes) is 18. The minimum atomic E-state index is -4.03. The van der Waals surface area contributed by atoms with E-state index in [2.05, 4.69) is 31.4 Å². The second kappa shape index (κ2) is 28.7. The molecule has 0 saturated carbocycles. The average molecular weight is 696 g/mol. The lowest BCUT2D eigenvalue weighted by Gasteiger charge is -2.19. The van der Waals surface area contributed by atoms with Crippen molar-refractivity contribution >= 4 is 21.9 Å². The Hall–Kier alpha value is -1.10. The van der Waals surface area contributed by atoms with E-state index in [0.717, 1.165) is 37.7 Å². The first-order chi connectivity index (χ1) is 22.7. The maximum absolute atomic E-state index is 10.3. The lowest BCUT2D eigenvalue weighted by molar-refractivity contribution is 0.346. The second-order valence-electron chi connectivity index (χ2n) is 13.0. The highest BCUT2D eigenvalue weighted by Gasteiger charge is 2.38. The predicted molar refractivity (Wildman–Crippen MR) is 203 cm³/mol. The van der Waals surface area contributed by atoms with Crippen molar-refractivity contribution in [2.75, 3.05) is 0 Å². The number of hydrogen-bond donors (Lipinski definition) is 5. The quantitative estimate of drug-likeness (QED) is 0.0470. The molecule has 0 aliphatic heterocycles. The van der Waals surface area contributed by atoms with E-state index in [1.807, 2.05) is 12.1 Å². The van der Waals surface area contributed by atoms with E-state index in [-0.39, 0.29) is 0 Å². The summed E-state index contributed by atoms with van der Waals surface area (Å²) in [4.78, 5) is 47.8. The third kappa shape index (κ3) is 22.3. The molecular formula is C39H69O6P2+. The molecule has 0 bridgehead atoms. The van der Waals surface area contributed by atoms with Gasteiger partial charge in [0.1, 0.15) is 5.75 Å². The van der Waals surface area contributed by atoms with Crippen molar-refractivity contribution in [2.45, 2.75) is 175 Å². The van der Waals surface area contributed by atoms with E-state index in [1.165, 1.54) is 133 Å². The van der Waals surface area contributed by atoms with Gasteiger partial charge in [-0.3, -0.25) is 0 Å². The zero-order chi connectivity index (χ0) is 34.6. The summed E-state index contributed by atoms with van der Waals surface area (Å²) in [6, 6.07) is 12.6. The maximum Gasteiger partial charge on any atom is 0.441 e. The Kier molecular flexibility index (Phi) is 26.8. The van der Waals surface area contributed by atoms with Crippen LogP contribution in [0.25, 0.3) is 0 Å². The third-order valence-electron chi connectivity index (χ3n) is 8.87. The van der Waals surface area contributed by atoms with Gasteiger partial charge in [0.15, 0.2) is 5.30 Å². The van der Waals surface area contributed by atoms with Crippen molar-refractivity contribution in [3.8, 4) is 5.75 Å². The Labute approximate surface area is 290 Å². The molecule has 6 nitrogen and oxygen atoms in total. The molecule has 0 atom stereocenters. The summed E-state index contributed by atoms with van der Waals surface area (Å²) < 4.78 is 4.59. The van der Waals surface area contributed by atoms with Gasteiger partial charge >= 0.3 is 16.5 Å². The van der Waals surface area contributed by atoms with Crippen molar-refractivity contribution in [3.05, 3.63) is 59.2 Å². The Morgan fingerprint density at radius 2 is 0.894 bits per heavy atom. The summed E-state index contributed by atoms with van der Waals surface area (Å²) in [5, 5.41) is 0.416. The molecule has 0 heterocycles. The second-order valence-corrected chi connectivity index (χ2v) is 15.3. The van der Waals surface area contributed by atoms with Gasteiger partial charge in [-0.15, -0.1) is 0 Å². The zero-order valence-electron chi connectivity index (χ0n) is 30.1. The average Bonchev–Trinajstić information content (AvgIpc) is 3.04. The third-order valence-corrected chi connectivity index (χ3v) is 10.3. The lowest BCUT2D eigenvalue weighted by Crippen LogP contribution is -2.19. The van der Waals surface area contributed by atoms with Crippen molar-refractivity contribution in [1.29, 1.82) is 0 Å². The van der Waals surface area contributed by atoms with Crippen LogP contribution >= 0.6 is 16.5 Å². The zero-order valence-corrected chi connectivity index (χ0v) is 31.8. The van der Waals surface area contributed by atoms with Gasteiger partial charge in [0, 0.05) is 5.56 Å². The summed E-state index contributed by atoms with van der Waals surface area (Å²) >= 11 is 0. The summed E-state index contributed by atoms with van der Waals surface area (Å²) in [5.74, 6) is 0.471. The molecule has 0 aliphatic rings. The molecule has 0 aliphatic carbocycles. The molecule has 0 spiro atoms. The highest BCUT2D eigenvalue weighted by atomic mass is 31.2. The van der Waals surface area contributed by atoms with Crippen LogP contribution in [0.15, 0.2) is 42.5 Å². The maximum atomic E-state index is 10.3. The molecule has 270 valence electrons. The van der Waals surface area contributed by atoms with Gasteiger partial charge in [-0.25, -0.2) is 0 Å². The largest absolute Gasteiger partial charge is 0.441 e. The fraction of sp³-hybridized carbons (Fsp3) is 0.692. The van der Waals surface area contributed by atoms with E-state index in [0.29, 0.717) is 11.1 Å². The molecule has 8 heteroatoms. The predicted octanol–water partition coefficient (Wildman–Crippen LogP) is 11.2. The van der Waals surface area contributed by atoms with Crippen molar-refractivity contribution < 1.29 is 29.0 Å². The Bertz CT molecular complexity index is 997. The molecule has 0 radical (unpaired) electrons. The minimum absolute atomic E-state index is 0.416. The van der Waals surface area contributed by atoms with Crippen LogP contribution in [0.4, 0.5) is 0 Å². The van der Waals surface area contributed by atoms with E-state index < -0.39 is 16.5 Å². The highest BCUT2D eigenvalue weighted by molar-refractivity contribution is 7.66. The van der Waals surface area contributed by atoms with E-state index in [4.69, 9.17) is 9.79 Å². The molecule has 0 amide bonds. The van der Waals surface area contributed by atoms with Crippen molar-refractivity contribution in [2.24, 2.45) is 0 Å². The molecule has 5 N–H and O–H groups in total. The molecule has 0 unspecified atom stereocenters. The van der Waals surface area contributed by atoms with Gasteiger partial charge in [0.25, 0.3) is 0 Å². The van der Waals surface area contributed by atoms with Crippen LogP contribution in [0.1, 0.15) is 172 Å². The summed E-state index contributed by atoms with van der Waals surface area (Å²) in [6.45, 7) is 6.78. The van der Waals surface area contributed by atoms with Gasteiger partial charge < -0.3 is 14.3 Å². The van der Waals surface area contributed by atoms with E-state index >= 15 is 0 Å². The topological polar surface area (TPSA) is 110 Å². The molecule has 0 aromatic heterocycles. The molecule has 0 fully saturated rings. The molecular weight excluding hydrogens is 626 g/mol. The lowest BCUT2D eigenvalue weighted by atomic mass is 9.90. The van der Waals surface area contributed by atoms with E-state index in [9.17, 15) is 14.7 Å². The van der Waals surface area contributed by atoms with Crippen LogP contribution in [-0.2, 0) is 19.3 Å². The Morgan fingerprint density at radius 3 is 1.32 bits per heavy atom. The van der Waals surface area contributed by atoms with Crippen LogP contribution in [0.2, 0.25) is 0 Å². The van der Waals surface area contributed by atoms with Crippen LogP contribution in [-0.4, -0.2) is 24.5 Å². The first-order valence-corrected chi connectivity index (χ1v) is 21.7. The SMILES string of the molecule is CCCCCCCCCc1ccc([P+](O)(O)O)c(CCCCCCCCC)c1CCCCCCCCC.OP(O)Oc1ccccc1. The first kappa shape index (κ1) is 43.9. The number of benzene rings is 2. The summed E-state index contributed by atoms with van der Waals surface area (Å²) in [5.41, 5.74) is 3.76. The van der Waals surface area contributed by atoms with Crippen molar-refractivity contribution in [1.82, 2.24) is 0 Å². The van der Waals surface area contributed by atoms with E-state index in [1.54, 1.807) is 24.3 Å². The first-order valence-electron chi connectivity index (χ1n) is 18.9. The summed E-state index contributed by atoms with van der Waals surface area (Å²) in [6.07, 6.45) is 29.7. The number of rotatable bonds is 27. The minimum Gasteiger partial charge on any atom is -0.427 e. The molecule has 47 heavy (non-hydrogen) atoms. The highest BCUT2D eigenvalue weighted by Crippen LogP contribution is 2.45. The Balaban J connectivity index is 0.000000933. The number of aryl methyl sites for hydroxylation is 1. The summed E-state index contributed by atoms with van der Waals surface area (Å²) in [7, 11) is -6.30.